The SMILES string of the molecule is CCOc1cc(/C=C/C(=O)OCc2nc3scc(-c4ccccc4)c3c(=O)[nH]2)cc(Cl)c1OC. The fraction of sp³-hybridized carbons (Fsp3) is 0.160. The van der Waals surface area contributed by atoms with E-state index in [1.807, 2.05) is 42.6 Å². The number of carbonyl (C=O) groups excluding carboxylic acids is 1. The summed E-state index contributed by atoms with van der Waals surface area (Å²) in [5.74, 6) is 0.583. The van der Waals surface area contributed by atoms with Crippen molar-refractivity contribution in [2.75, 3.05) is 13.7 Å². The van der Waals surface area contributed by atoms with E-state index in [9.17, 15) is 9.59 Å². The zero-order valence-electron chi connectivity index (χ0n) is 18.5. The van der Waals surface area contributed by atoms with Crippen molar-refractivity contribution in [1.82, 2.24) is 9.97 Å². The van der Waals surface area contributed by atoms with Crippen LogP contribution in [0.2, 0.25) is 5.02 Å². The smallest absolute Gasteiger partial charge is 0.331 e. The number of H-pyrrole nitrogens is 1. The summed E-state index contributed by atoms with van der Waals surface area (Å²) in [4.78, 5) is 32.7. The number of thiophene rings is 1. The molecule has 0 bridgehead atoms. The van der Waals surface area contributed by atoms with Gasteiger partial charge in [0.25, 0.3) is 5.56 Å². The minimum absolute atomic E-state index is 0.166. The van der Waals surface area contributed by atoms with E-state index in [4.69, 9.17) is 25.8 Å². The van der Waals surface area contributed by atoms with Crippen LogP contribution in [0.1, 0.15) is 18.3 Å². The maximum absolute atomic E-state index is 12.7. The van der Waals surface area contributed by atoms with Crippen LogP contribution in [0, 0.1) is 0 Å². The molecule has 0 aliphatic carbocycles. The topological polar surface area (TPSA) is 90.5 Å². The zero-order chi connectivity index (χ0) is 24.1. The number of hydrogen-bond donors (Lipinski definition) is 1. The molecule has 2 aromatic heterocycles. The van der Waals surface area contributed by atoms with Crippen molar-refractivity contribution in [1.29, 1.82) is 0 Å². The predicted molar refractivity (Wildman–Crippen MR) is 134 cm³/mol. The Bertz CT molecular complexity index is 1410. The highest BCUT2D eigenvalue weighted by Crippen LogP contribution is 2.36. The highest BCUT2D eigenvalue weighted by molar-refractivity contribution is 7.17. The first-order valence-electron chi connectivity index (χ1n) is 10.4. The summed E-state index contributed by atoms with van der Waals surface area (Å²) in [6.45, 7) is 2.12. The van der Waals surface area contributed by atoms with E-state index in [1.54, 1.807) is 18.2 Å². The Labute approximate surface area is 204 Å². The second-order valence-corrected chi connectivity index (χ2v) is 8.38. The largest absolute Gasteiger partial charge is 0.491 e. The number of hydrogen-bond acceptors (Lipinski definition) is 7. The van der Waals surface area contributed by atoms with Gasteiger partial charge in [0.1, 0.15) is 17.3 Å². The van der Waals surface area contributed by atoms with Gasteiger partial charge in [0.2, 0.25) is 0 Å². The minimum atomic E-state index is -0.594. The number of ether oxygens (including phenoxy) is 3. The molecule has 0 radical (unpaired) electrons. The molecule has 0 unspecified atom stereocenters. The molecule has 4 aromatic rings. The molecule has 7 nitrogen and oxygen atoms in total. The van der Waals surface area contributed by atoms with Gasteiger partial charge in [0.05, 0.1) is 24.1 Å². The average Bonchev–Trinajstić information content (AvgIpc) is 3.27. The summed E-state index contributed by atoms with van der Waals surface area (Å²) in [6, 6.07) is 13.0. The summed E-state index contributed by atoms with van der Waals surface area (Å²) < 4.78 is 16.0. The van der Waals surface area contributed by atoms with Crippen molar-refractivity contribution in [2.45, 2.75) is 13.5 Å². The highest BCUT2D eigenvalue weighted by Gasteiger charge is 2.14. The molecule has 0 saturated carbocycles. The maximum atomic E-state index is 12.7. The highest BCUT2D eigenvalue weighted by atomic mass is 35.5. The molecule has 9 heteroatoms. The van der Waals surface area contributed by atoms with Crippen molar-refractivity contribution >= 4 is 45.2 Å². The number of nitrogens with one attached hydrogen (secondary N) is 1. The van der Waals surface area contributed by atoms with Crippen LogP contribution in [0.4, 0.5) is 0 Å². The zero-order valence-corrected chi connectivity index (χ0v) is 20.0. The first kappa shape index (κ1) is 23.5. The Balaban J connectivity index is 1.47. The summed E-state index contributed by atoms with van der Waals surface area (Å²) >= 11 is 7.60. The number of fused-ring (bicyclic) bond motifs is 1. The van der Waals surface area contributed by atoms with E-state index in [1.165, 1.54) is 24.5 Å². The first-order valence-corrected chi connectivity index (χ1v) is 11.7. The van der Waals surface area contributed by atoms with Gasteiger partial charge in [0, 0.05) is 17.0 Å². The molecular formula is C25H21ClN2O5S. The van der Waals surface area contributed by atoms with Gasteiger partial charge < -0.3 is 19.2 Å². The van der Waals surface area contributed by atoms with Crippen LogP contribution in [0.25, 0.3) is 27.4 Å². The second-order valence-electron chi connectivity index (χ2n) is 7.12. The van der Waals surface area contributed by atoms with Crippen molar-refractivity contribution in [3.63, 3.8) is 0 Å². The lowest BCUT2D eigenvalue weighted by molar-refractivity contribution is -0.139. The number of benzene rings is 2. The number of rotatable bonds is 8. The van der Waals surface area contributed by atoms with Gasteiger partial charge in [-0.1, -0.05) is 41.9 Å². The van der Waals surface area contributed by atoms with E-state index < -0.39 is 5.97 Å². The van der Waals surface area contributed by atoms with Gasteiger partial charge in [0.15, 0.2) is 11.5 Å². The standard InChI is InChI=1S/C25H21ClN2O5S/c1-3-32-19-12-15(11-18(26)23(19)31-2)9-10-21(29)33-13-20-27-24(30)22-17(14-34-25(22)28-20)16-7-5-4-6-8-16/h4-12,14H,3,13H2,1-2H3,(H,27,28,30)/b10-9+. The van der Waals surface area contributed by atoms with Gasteiger partial charge in [-0.05, 0) is 36.3 Å². The molecule has 4 rings (SSSR count). The van der Waals surface area contributed by atoms with E-state index >= 15 is 0 Å². The first-order chi connectivity index (χ1) is 16.5. The molecule has 0 spiro atoms. The average molecular weight is 497 g/mol. The third-order valence-corrected chi connectivity index (χ3v) is 6.03. The molecule has 0 fully saturated rings. The van der Waals surface area contributed by atoms with Gasteiger partial charge in [-0.15, -0.1) is 11.3 Å². The Morgan fingerprint density at radius 3 is 2.76 bits per heavy atom. The number of aromatic nitrogens is 2. The summed E-state index contributed by atoms with van der Waals surface area (Å²) in [7, 11) is 1.50. The molecule has 2 aromatic carbocycles. The van der Waals surface area contributed by atoms with Crippen LogP contribution in [0.3, 0.4) is 0 Å². The fourth-order valence-electron chi connectivity index (χ4n) is 3.39. The summed E-state index contributed by atoms with van der Waals surface area (Å²) in [5.41, 5.74) is 2.14. The van der Waals surface area contributed by atoms with Gasteiger partial charge in [-0.3, -0.25) is 4.79 Å². The lowest BCUT2D eigenvalue weighted by Crippen LogP contribution is -2.13. The molecule has 174 valence electrons. The lowest BCUT2D eigenvalue weighted by atomic mass is 10.1. The van der Waals surface area contributed by atoms with Crippen molar-refractivity contribution in [3.05, 3.63) is 80.7 Å². The number of esters is 1. The Morgan fingerprint density at radius 1 is 1.24 bits per heavy atom. The molecule has 0 atom stereocenters. The van der Waals surface area contributed by atoms with Crippen LogP contribution in [-0.4, -0.2) is 29.7 Å². The summed E-state index contributed by atoms with van der Waals surface area (Å²) in [5, 5.41) is 2.78. The maximum Gasteiger partial charge on any atom is 0.331 e. The number of halogens is 1. The van der Waals surface area contributed by atoms with E-state index in [0.717, 1.165) is 11.1 Å². The third-order valence-electron chi connectivity index (χ3n) is 4.88. The third kappa shape index (κ3) is 5.13. The number of nitrogens with zero attached hydrogens (tertiary/aromatic N) is 1. The van der Waals surface area contributed by atoms with Crippen molar-refractivity contribution in [2.24, 2.45) is 0 Å². The van der Waals surface area contributed by atoms with E-state index in [2.05, 4.69) is 9.97 Å². The van der Waals surface area contributed by atoms with Crippen molar-refractivity contribution < 1.29 is 19.0 Å². The predicted octanol–water partition coefficient (Wildman–Crippen LogP) is 5.47. The molecule has 34 heavy (non-hydrogen) atoms. The number of carbonyl (C=O) groups is 1. The van der Waals surface area contributed by atoms with E-state index in [-0.39, 0.29) is 18.0 Å². The van der Waals surface area contributed by atoms with Crippen LogP contribution in [0.15, 0.2) is 58.7 Å². The Kier molecular flexibility index (Phi) is 7.30. The molecule has 0 aliphatic rings. The Morgan fingerprint density at radius 2 is 2.03 bits per heavy atom. The number of methoxy groups -OCH3 is 1. The van der Waals surface area contributed by atoms with Gasteiger partial charge >= 0.3 is 5.97 Å². The van der Waals surface area contributed by atoms with Crippen LogP contribution >= 0.6 is 22.9 Å². The monoisotopic (exact) mass is 496 g/mol. The lowest BCUT2D eigenvalue weighted by Gasteiger charge is -2.11. The van der Waals surface area contributed by atoms with Crippen LogP contribution in [-0.2, 0) is 16.1 Å². The van der Waals surface area contributed by atoms with Gasteiger partial charge in [-0.25, -0.2) is 9.78 Å². The number of aromatic amines is 1. The van der Waals surface area contributed by atoms with Crippen molar-refractivity contribution in [3.8, 4) is 22.6 Å². The molecule has 2 heterocycles. The van der Waals surface area contributed by atoms with Crippen LogP contribution in [0.5, 0.6) is 11.5 Å². The molecule has 1 N–H and O–H groups in total. The minimum Gasteiger partial charge on any atom is -0.491 e. The molecule has 0 aliphatic heterocycles. The second kappa shape index (κ2) is 10.5. The molecule has 0 saturated heterocycles. The molecular weight excluding hydrogens is 476 g/mol. The molecule has 0 amide bonds. The normalized spacial score (nSPS) is 11.1. The van der Waals surface area contributed by atoms with Crippen LogP contribution < -0.4 is 15.0 Å². The summed E-state index contributed by atoms with van der Waals surface area (Å²) in [6.07, 6.45) is 2.82. The van der Waals surface area contributed by atoms with Gasteiger partial charge in [-0.2, -0.15) is 0 Å². The van der Waals surface area contributed by atoms with E-state index in [0.29, 0.717) is 38.9 Å². The quantitative estimate of drug-likeness (QED) is 0.257. The Hall–Kier alpha value is -3.62. The fourth-order valence-corrected chi connectivity index (χ4v) is 4.65.